The van der Waals surface area contributed by atoms with E-state index in [1.165, 1.54) is 14.2 Å². The molecule has 7 nitrogen and oxygen atoms in total. The summed E-state index contributed by atoms with van der Waals surface area (Å²) in [7, 11) is 3.05. The fourth-order valence-electron chi connectivity index (χ4n) is 1.91. The van der Waals surface area contributed by atoms with Crippen molar-refractivity contribution in [3.63, 3.8) is 0 Å². The third kappa shape index (κ3) is 3.28. The molecule has 2 rings (SSSR count). The molecule has 1 amide bonds. The van der Waals surface area contributed by atoms with Crippen LogP contribution in [0.4, 0.5) is 11.4 Å². The molecule has 7 heteroatoms. The topological polar surface area (TPSA) is 96.3 Å². The third-order valence-corrected chi connectivity index (χ3v) is 2.94. The van der Waals surface area contributed by atoms with Crippen LogP contribution in [0.25, 0.3) is 10.4 Å². The molecule has 112 valence electrons. The van der Waals surface area contributed by atoms with E-state index in [4.69, 9.17) is 15.0 Å². The molecule has 0 atom stereocenters. The molecule has 2 aromatic rings. The minimum absolute atomic E-state index is 0.267. The average molecular weight is 298 g/mol. The number of nitrogens with one attached hydrogen (secondary N) is 1. The minimum Gasteiger partial charge on any atom is -0.493 e. The number of hydrogen-bond acceptors (Lipinski definition) is 4. The van der Waals surface area contributed by atoms with Gasteiger partial charge in [0.05, 0.1) is 19.9 Å². The summed E-state index contributed by atoms with van der Waals surface area (Å²) in [6.45, 7) is 0. The number of benzene rings is 2. The molecule has 0 aliphatic carbocycles. The highest BCUT2D eigenvalue weighted by molar-refractivity contribution is 6.07. The molecular formula is C15H14N4O3. The summed E-state index contributed by atoms with van der Waals surface area (Å²) in [5, 5.41) is 6.23. The van der Waals surface area contributed by atoms with Crippen molar-refractivity contribution < 1.29 is 14.3 Å². The van der Waals surface area contributed by atoms with Crippen molar-refractivity contribution in [1.82, 2.24) is 0 Å². The lowest BCUT2D eigenvalue weighted by atomic mass is 10.1. The van der Waals surface area contributed by atoms with E-state index in [1.54, 1.807) is 42.5 Å². The second-order valence-electron chi connectivity index (χ2n) is 4.23. The zero-order valence-electron chi connectivity index (χ0n) is 12.1. The first-order chi connectivity index (χ1) is 10.7. The van der Waals surface area contributed by atoms with Gasteiger partial charge in [0.2, 0.25) is 0 Å². The molecule has 1 N–H and O–H groups in total. The summed E-state index contributed by atoms with van der Waals surface area (Å²) >= 11 is 0. The van der Waals surface area contributed by atoms with Gasteiger partial charge < -0.3 is 14.8 Å². The number of hydrogen-bond donors (Lipinski definition) is 1. The molecule has 0 bridgehead atoms. The summed E-state index contributed by atoms with van der Waals surface area (Å²) in [5.41, 5.74) is 9.63. The Kier molecular flexibility index (Phi) is 4.85. The van der Waals surface area contributed by atoms with Crippen LogP contribution in [-0.4, -0.2) is 20.1 Å². The van der Waals surface area contributed by atoms with Gasteiger partial charge in [-0.25, -0.2) is 0 Å². The summed E-state index contributed by atoms with van der Waals surface area (Å²) in [6.07, 6.45) is 0. The normalized spacial score (nSPS) is 9.55. The van der Waals surface area contributed by atoms with Crippen molar-refractivity contribution in [3.8, 4) is 11.5 Å². The summed E-state index contributed by atoms with van der Waals surface area (Å²) in [5.74, 6) is 0.689. The number of carbonyl (C=O) groups excluding carboxylic acids is 1. The minimum atomic E-state index is -0.379. The fraction of sp³-hybridized carbons (Fsp3) is 0.133. The molecule has 0 fully saturated rings. The van der Waals surface area contributed by atoms with Crippen LogP contribution in [0.5, 0.6) is 11.5 Å². The van der Waals surface area contributed by atoms with Gasteiger partial charge in [0, 0.05) is 22.2 Å². The lowest BCUT2D eigenvalue weighted by Gasteiger charge is -2.11. The smallest absolute Gasteiger partial charge is 0.256 e. The van der Waals surface area contributed by atoms with Gasteiger partial charge in [-0.3, -0.25) is 4.79 Å². The van der Waals surface area contributed by atoms with Gasteiger partial charge in [0.25, 0.3) is 5.91 Å². The van der Waals surface area contributed by atoms with Crippen molar-refractivity contribution in [1.29, 1.82) is 0 Å². The maximum Gasteiger partial charge on any atom is 0.256 e. The SMILES string of the molecule is COc1ccc(NC(=O)c2ccccc2N=[N+]=[N-])cc1OC. The predicted molar refractivity (Wildman–Crippen MR) is 82.7 cm³/mol. The highest BCUT2D eigenvalue weighted by Crippen LogP contribution is 2.30. The lowest BCUT2D eigenvalue weighted by Crippen LogP contribution is -2.12. The van der Waals surface area contributed by atoms with E-state index in [2.05, 4.69) is 15.3 Å². The van der Waals surface area contributed by atoms with Crippen LogP contribution in [0.1, 0.15) is 10.4 Å². The molecule has 0 radical (unpaired) electrons. The van der Waals surface area contributed by atoms with E-state index < -0.39 is 0 Å². The van der Waals surface area contributed by atoms with Crippen molar-refractivity contribution in [3.05, 3.63) is 58.5 Å². The standard InChI is InChI=1S/C15H14N4O3/c1-21-13-8-7-10(9-14(13)22-2)17-15(20)11-5-3-4-6-12(11)18-19-16/h3-9H,1-2H3,(H,17,20). The highest BCUT2D eigenvalue weighted by Gasteiger charge is 2.12. The van der Waals surface area contributed by atoms with Crippen LogP contribution < -0.4 is 14.8 Å². The fourth-order valence-corrected chi connectivity index (χ4v) is 1.91. The zero-order chi connectivity index (χ0) is 15.9. The maximum atomic E-state index is 12.3. The summed E-state index contributed by atoms with van der Waals surface area (Å²) in [4.78, 5) is 15.0. The van der Waals surface area contributed by atoms with Crippen molar-refractivity contribution in [2.45, 2.75) is 0 Å². The Hall–Kier alpha value is -3.18. The Morgan fingerprint density at radius 2 is 1.86 bits per heavy atom. The molecule has 0 heterocycles. The van der Waals surface area contributed by atoms with E-state index in [-0.39, 0.29) is 17.2 Å². The van der Waals surface area contributed by atoms with Crippen LogP contribution in [0.2, 0.25) is 0 Å². The number of anilines is 1. The van der Waals surface area contributed by atoms with Crippen molar-refractivity contribution >= 4 is 17.3 Å². The van der Waals surface area contributed by atoms with Crippen LogP contribution in [-0.2, 0) is 0 Å². The number of ether oxygens (including phenoxy) is 2. The molecule has 0 aliphatic heterocycles. The molecule has 0 aliphatic rings. The first-order valence-electron chi connectivity index (χ1n) is 6.37. The largest absolute Gasteiger partial charge is 0.493 e. The second kappa shape index (κ2) is 7.01. The Labute approximate surface area is 127 Å². The Morgan fingerprint density at radius 1 is 1.14 bits per heavy atom. The first-order valence-corrected chi connectivity index (χ1v) is 6.37. The number of carbonyl (C=O) groups is 1. The molecule has 2 aromatic carbocycles. The highest BCUT2D eigenvalue weighted by atomic mass is 16.5. The van der Waals surface area contributed by atoms with Gasteiger partial charge in [-0.05, 0) is 23.7 Å². The van der Waals surface area contributed by atoms with E-state index in [9.17, 15) is 4.79 Å². The lowest BCUT2D eigenvalue weighted by molar-refractivity contribution is 0.102. The Balaban J connectivity index is 2.28. The van der Waals surface area contributed by atoms with Crippen LogP contribution in [0.3, 0.4) is 0 Å². The number of azide groups is 1. The van der Waals surface area contributed by atoms with Gasteiger partial charge >= 0.3 is 0 Å². The average Bonchev–Trinajstić information content (AvgIpc) is 2.55. The first kappa shape index (κ1) is 15.2. The Morgan fingerprint density at radius 3 is 2.55 bits per heavy atom. The van der Waals surface area contributed by atoms with Gasteiger partial charge in [-0.2, -0.15) is 0 Å². The molecule has 0 saturated heterocycles. The summed E-state index contributed by atoms with van der Waals surface area (Å²) in [6, 6.07) is 11.6. The number of methoxy groups -OCH3 is 2. The molecular weight excluding hydrogens is 284 g/mol. The third-order valence-electron chi connectivity index (χ3n) is 2.94. The van der Waals surface area contributed by atoms with Crippen LogP contribution >= 0.6 is 0 Å². The quantitative estimate of drug-likeness (QED) is 0.515. The van der Waals surface area contributed by atoms with E-state index in [0.29, 0.717) is 17.2 Å². The second-order valence-corrected chi connectivity index (χ2v) is 4.23. The molecule has 0 saturated carbocycles. The van der Waals surface area contributed by atoms with Gasteiger partial charge in [0.1, 0.15) is 0 Å². The maximum absolute atomic E-state index is 12.3. The monoisotopic (exact) mass is 298 g/mol. The molecule has 0 unspecified atom stereocenters. The zero-order valence-corrected chi connectivity index (χ0v) is 12.1. The predicted octanol–water partition coefficient (Wildman–Crippen LogP) is 3.90. The van der Waals surface area contributed by atoms with E-state index in [1.807, 2.05) is 0 Å². The van der Waals surface area contributed by atoms with Gasteiger partial charge in [-0.15, -0.1) is 0 Å². The van der Waals surface area contributed by atoms with Crippen LogP contribution in [0, 0.1) is 0 Å². The van der Waals surface area contributed by atoms with Crippen molar-refractivity contribution in [2.75, 3.05) is 19.5 Å². The molecule has 22 heavy (non-hydrogen) atoms. The molecule has 0 aromatic heterocycles. The molecule has 0 spiro atoms. The van der Waals surface area contributed by atoms with Gasteiger partial charge in [0.15, 0.2) is 11.5 Å². The number of amides is 1. The van der Waals surface area contributed by atoms with Crippen molar-refractivity contribution in [2.24, 2.45) is 5.11 Å². The number of nitrogens with zero attached hydrogens (tertiary/aromatic N) is 3. The van der Waals surface area contributed by atoms with Crippen LogP contribution in [0.15, 0.2) is 47.6 Å². The number of rotatable bonds is 5. The Bertz CT molecular complexity index is 739. The van der Waals surface area contributed by atoms with E-state index >= 15 is 0 Å². The van der Waals surface area contributed by atoms with E-state index in [0.717, 1.165) is 0 Å². The van der Waals surface area contributed by atoms with Gasteiger partial charge in [-0.1, -0.05) is 23.3 Å². The summed E-state index contributed by atoms with van der Waals surface area (Å²) < 4.78 is 10.3.